The number of para-hydroxylation sites is 1. The lowest BCUT2D eigenvalue weighted by Gasteiger charge is -2.11. The third-order valence-corrected chi connectivity index (χ3v) is 3.82. The van der Waals surface area contributed by atoms with Crippen molar-refractivity contribution in [1.82, 2.24) is 10.2 Å². The Morgan fingerprint density at radius 3 is 2.79 bits per heavy atom. The van der Waals surface area contributed by atoms with Crippen molar-refractivity contribution in [3.8, 4) is 0 Å². The number of hydrogen-bond donors (Lipinski definition) is 3. The zero-order chi connectivity index (χ0) is 16.8. The van der Waals surface area contributed by atoms with E-state index < -0.39 is 0 Å². The largest absolute Gasteiger partial charge is 0.381 e. The number of aromatic nitrogens is 2. The average molecular weight is 320 g/mol. The number of nitrogens with one attached hydrogen (secondary N) is 3. The molecule has 0 fully saturated rings. The minimum atomic E-state index is -0.157. The van der Waals surface area contributed by atoms with Crippen molar-refractivity contribution in [3.05, 3.63) is 77.5 Å². The number of anilines is 2. The summed E-state index contributed by atoms with van der Waals surface area (Å²) in [6.07, 6.45) is 2.58. The Kier molecular flexibility index (Phi) is 4.91. The Balaban J connectivity index is 1.68. The fourth-order valence-corrected chi connectivity index (χ4v) is 2.54. The number of carbonyl (C=O) groups excluding carboxylic acids is 1. The summed E-state index contributed by atoms with van der Waals surface area (Å²) in [6.45, 7) is 2.81. The van der Waals surface area contributed by atoms with Crippen molar-refractivity contribution in [3.63, 3.8) is 0 Å². The lowest BCUT2D eigenvalue weighted by atomic mass is 10.1. The van der Waals surface area contributed by atoms with Gasteiger partial charge in [-0.2, -0.15) is 5.10 Å². The summed E-state index contributed by atoms with van der Waals surface area (Å²) < 4.78 is 0. The molecule has 3 N–H and O–H groups in total. The van der Waals surface area contributed by atoms with Gasteiger partial charge in [-0.15, -0.1) is 0 Å². The Bertz CT molecular complexity index is 812. The van der Waals surface area contributed by atoms with E-state index in [4.69, 9.17) is 0 Å². The van der Waals surface area contributed by atoms with Gasteiger partial charge in [-0.05, 0) is 35.7 Å². The molecule has 0 saturated carbocycles. The van der Waals surface area contributed by atoms with Crippen LogP contribution in [0.3, 0.4) is 0 Å². The van der Waals surface area contributed by atoms with Crippen molar-refractivity contribution < 1.29 is 4.79 Å². The summed E-state index contributed by atoms with van der Waals surface area (Å²) in [4.78, 5) is 12.3. The van der Waals surface area contributed by atoms with Gasteiger partial charge in [0, 0.05) is 23.9 Å². The number of rotatable bonds is 6. The molecule has 0 aliphatic heterocycles. The van der Waals surface area contributed by atoms with Crippen LogP contribution in [0, 0.1) is 0 Å². The molecule has 3 rings (SSSR count). The molecule has 0 aliphatic rings. The number of nitrogens with zero attached hydrogens (tertiary/aromatic N) is 1. The van der Waals surface area contributed by atoms with Crippen LogP contribution in [0.25, 0.3) is 0 Å². The van der Waals surface area contributed by atoms with Gasteiger partial charge in [-0.25, -0.2) is 0 Å². The highest BCUT2D eigenvalue weighted by atomic mass is 16.1. The van der Waals surface area contributed by atoms with Crippen LogP contribution in [0.1, 0.15) is 28.4 Å². The maximum absolute atomic E-state index is 12.3. The molecule has 0 saturated heterocycles. The maximum Gasteiger partial charge on any atom is 0.256 e. The van der Waals surface area contributed by atoms with E-state index in [0.717, 1.165) is 17.7 Å². The predicted molar refractivity (Wildman–Crippen MR) is 96.1 cm³/mol. The molecule has 0 atom stereocenters. The zero-order valence-electron chi connectivity index (χ0n) is 13.5. The smallest absolute Gasteiger partial charge is 0.256 e. The summed E-state index contributed by atoms with van der Waals surface area (Å²) in [7, 11) is 0. The second kappa shape index (κ2) is 7.46. The molecule has 0 bridgehead atoms. The Hall–Kier alpha value is -3.08. The molecule has 0 radical (unpaired) electrons. The van der Waals surface area contributed by atoms with Gasteiger partial charge in [0.1, 0.15) is 5.82 Å². The van der Waals surface area contributed by atoms with Crippen LogP contribution in [0.2, 0.25) is 0 Å². The average Bonchev–Trinajstić information content (AvgIpc) is 3.13. The topological polar surface area (TPSA) is 69.8 Å². The molecule has 24 heavy (non-hydrogen) atoms. The molecule has 0 spiro atoms. The van der Waals surface area contributed by atoms with Crippen LogP contribution in [0.4, 0.5) is 11.5 Å². The minimum Gasteiger partial charge on any atom is -0.381 e. The lowest BCUT2D eigenvalue weighted by molar-refractivity contribution is 0.102. The van der Waals surface area contributed by atoms with Crippen LogP contribution in [-0.4, -0.2) is 16.1 Å². The minimum absolute atomic E-state index is 0.157. The van der Waals surface area contributed by atoms with Crippen LogP contribution in [-0.2, 0) is 13.0 Å². The van der Waals surface area contributed by atoms with Crippen molar-refractivity contribution in [2.45, 2.75) is 19.9 Å². The van der Waals surface area contributed by atoms with Crippen molar-refractivity contribution >= 4 is 17.4 Å². The highest BCUT2D eigenvalue weighted by Gasteiger charge is 2.07. The van der Waals surface area contributed by atoms with E-state index in [0.29, 0.717) is 17.9 Å². The SMILES string of the molecule is CCc1ccccc1NCc1cccc(C(=O)Nc2ccn[nH]2)c1. The summed E-state index contributed by atoms with van der Waals surface area (Å²) in [6, 6.07) is 17.6. The highest BCUT2D eigenvalue weighted by molar-refractivity contribution is 6.03. The van der Waals surface area contributed by atoms with Gasteiger partial charge in [0.15, 0.2) is 0 Å². The van der Waals surface area contributed by atoms with Crippen LogP contribution < -0.4 is 10.6 Å². The van der Waals surface area contributed by atoms with E-state index in [1.165, 1.54) is 5.56 Å². The third kappa shape index (κ3) is 3.81. The first kappa shape index (κ1) is 15.8. The number of carbonyl (C=O) groups is 1. The molecule has 3 aromatic rings. The first-order valence-corrected chi connectivity index (χ1v) is 7.97. The normalized spacial score (nSPS) is 10.4. The zero-order valence-corrected chi connectivity index (χ0v) is 13.5. The number of aromatic amines is 1. The molecule has 1 amide bonds. The molecule has 0 unspecified atom stereocenters. The molecule has 5 heteroatoms. The Morgan fingerprint density at radius 2 is 2.00 bits per heavy atom. The number of amides is 1. The monoisotopic (exact) mass is 320 g/mol. The molecular formula is C19H20N4O. The number of hydrogen-bond acceptors (Lipinski definition) is 3. The Labute approximate surface area is 141 Å². The van der Waals surface area contributed by atoms with E-state index >= 15 is 0 Å². The fraction of sp³-hybridized carbons (Fsp3) is 0.158. The summed E-state index contributed by atoms with van der Waals surface area (Å²) >= 11 is 0. The molecule has 1 heterocycles. The number of benzene rings is 2. The van der Waals surface area contributed by atoms with Gasteiger partial charge < -0.3 is 10.6 Å². The Morgan fingerprint density at radius 1 is 1.12 bits per heavy atom. The molecule has 0 aliphatic carbocycles. The molecular weight excluding hydrogens is 300 g/mol. The van der Waals surface area contributed by atoms with Crippen molar-refractivity contribution in [2.75, 3.05) is 10.6 Å². The van der Waals surface area contributed by atoms with E-state index in [2.05, 4.69) is 39.9 Å². The lowest BCUT2D eigenvalue weighted by Crippen LogP contribution is -2.13. The first-order valence-electron chi connectivity index (χ1n) is 7.97. The first-order chi connectivity index (χ1) is 11.8. The third-order valence-electron chi connectivity index (χ3n) is 3.82. The molecule has 122 valence electrons. The van der Waals surface area contributed by atoms with Gasteiger partial charge in [-0.1, -0.05) is 37.3 Å². The van der Waals surface area contributed by atoms with Gasteiger partial charge in [0.2, 0.25) is 0 Å². The summed E-state index contributed by atoms with van der Waals surface area (Å²) in [5.74, 6) is 0.426. The number of H-pyrrole nitrogens is 1. The van der Waals surface area contributed by atoms with Gasteiger partial charge in [0.25, 0.3) is 5.91 Å². The van der Waals surface area contributed by atoms with E-state index in [-0.39, 0.29) is 5.91 Å². The van der Waals surface area contributed by atoms with Crippen LogP contribution in [0.15, 0.2) is 60.8 Å². The van der Waals surface area contributed by atoms with Crippen molar-refractivity contribution in [2.24, 2.45) is 0 Å². The number of aryl methyl sites for hydroxylation is 1. The molecule has 1 aromatic heterocycles. The van der Waals surface area contributed by atoms with Gasteiger partial charge >= 0.3 is 0 Å². The quantitative estimate of drug-likeness (QED) is 0.646. The standard InChI is InChI=1S/C19H20N4O/c1-2-15-7-3-4-9-17(15)20-13-14-6-5-8-16(12-14)19(24)22-18-10-11-21-23-18/h3-12,20H,2,13H2,1H3,(H2,21,22,23,24). The summed E-state index contributed by atoms with van der Waals surface area (Å²) in [5.41, 5.74) is 4.09. The summed E-state index contributed by atoms with van der Waals surface area (Å²) in [5, 5.41) is 12.8. The highest BCUT2D eigenvalue weighted by Crippen LogP contribution is 2.17. The van der Waals surface area contributed by atoms with E-state index in [1.54, 1.807) is 18.3 Å². The fourth-order valence-electron chi connectivity index (χ4n) is 2.54. The van der Waals surface area contributed by atoms with Crippen LogP contribution >= 0.6 is 0 Å². The molecule has 2 aromatic carbocycles. The van der Waals surface area contributed by atoms with Gasteiger partial charge in [-0.3, -0.25) is 9.89 Å². The van der Waals surface area contributed by atoms with Gasteiger partial charge in [0.05, 0.1) is 6.20 Å². The molecule has 5 nitrogen and oxygen atoms in total. The van der Waals surface area contributed by atoms with E-state index in [1.807, 2.05) is 30.3 Å². The maximum atomic E-state index is 12.3. The van der Waals surface area contributed by atoms with Crippen LogP contribution in [0.5, 0.6) is 0 Å². The van der Waals surface area contributed by atoms with Crippen molar-refractivity contribution in [1.29, 1.82) is 0 Å². The predicted octanol–water partition coefficient (Wildman–Crippen LogP) is 3.84. The van der Waals surface area contributed by atoms with E-state index in [9.17, 15) is 4.79 Å². The second-order valence-electron chi connectivity index (χ2n) is 5.49. The second-order valence-corrected chi connectivity index (χ2v) is 5.49.